The van der Waals surface area contributed by atoms with E-state index >= 15 is 0 Å². The van der Waals surface area contributed by atoms with Gasteiger partial charge in [-0.3, -0.25) is 9.63 Å². The molecule has 0 saturated carbocycles. The number of benzene rings is 2. The number of carbonyl (C=O) groups is 1. The van der Waals surface area contributed by atoms with Crippen LogP contribution in [0.15, 0.2) is 48.5 Å². The number of carbonyl (C=O) groups excluding carboxylic acids is 1. The first-order valence-electron chi connectivity index (χ1n) is 6.13. The highest BCUT2D eigenvalue weighted by Gasteiger charge is 2.06. The van der Waals surface area contributed by atoms with Gasteiger partial charge in [0.2, 0.25) is 5.91 Å². The number of halogens is 1. The van der Waals surface area contributed by atoms with Gasteiger partial charge >= 0.3 is 0 Å². The van der Waals surface area contributed by atoms with E-state index in [0.29, 0.717) is 12.2 Å². The maximum absolute atomic E-state index is 13.7. The Hall–Kier alpha value is -2.24. The van der Waals surface area contributed by atoms with Gasteiger partial charge in [0.1, 0.15) is 5.82 Å². The van der Waals surface area contributed by atoms with Gasteiger partial charge in [0.05, 0.1) is 6.61 Å². The lowest BCUT2D eigenvalue weighted by atomic mass is 10.1. The van der Waals surface area contributed by atoms with Gasteiger partial charge in [-0.05, 0) is 17.7 Å². The van der Waals surface area contributed by atoms with Gasteiger partial charge in [-0.25, -0.2) is 4.39 Å². The van der Waals surface area contributed by atoms with Crippen molar-refractivity contribution in [2.24, 2.45) is 5.73 Å². The minimum Gasteiger partial charge on any atom is -0.366 e. The highest BCUT2D eigenvalue weighted by molar-refractivity contribution is 5.92. The van der Waals surface area contributed by atoms with Crippen molar-refractivity contribution in [3.8, 4) is 0 Å². The molecule has 0 aliphatic rings. The van der Waals surface area contributed by atoms with Crippen molar-refractivity contribution < 1.29 is 14.0 Å². The molecule has 0 bridgehead atoms. The Kier molecular flexibility index (Phi) is 4.81. The number of nitrogens with two attached hydrogens (primary N) is 1. The molecule has 0 fully saturated rings. The minimum atomic E-state index is -0.649. The third-order valence-corrected chi connectivity index (χ3v) is 2.78. The second kappa shape index (κ2) is 6.79. The van der Waals surface area contributed by atoms with Crippen LogP contribution in [0.2, 0.25) is 0 Å². The fourth-order valence-electron chi connectivity index (χ4n) is 1.68. The van der Waals surface area contributed by atoms with Gasteiger partial charge in [-0.2, -0.15) is 5.48 Å². The Labute approximate surface area is 116 Å². The van der Waals surface area contributed by atoms with E-state index in [2.05, 4.69) is 5.48 Å². The van der Waals surface area contributed by atoms with Crippen LogP contribution in [0, 0.1) is 5.82 Å². The highest BCUT2D eigenvalue weighted by Crippen LogP contribution is 2.10. The molecule has 0 unspecified atom stereocenters. The van der Waals surface area contributed by atoms with E-state index in [0.717, 1.165) is 11.6 Å². The molecule has 2 aromatic rings. The lowest BCUT2D eigenvalue weighted by Crippen LogP contribution is -2.16. The molecule has 104 valence electrons. The number of nitrogens with one attached hydrogen (secondary N) is 1. The van der Waals surface area contributed by atoms with Crippen LogP contribution in [-0.2, 0) is 18.0 Å². The second-order valence-corrected chi connectivity index (χ2v) is 4.27. The second-order valence-electron chi connectivity index (χ2n) is 4.27. The molecule has 3 N–H and O–H groups in total. The highest BCUT2D eigenvalue weighted by atomic mass is 19.1. The van der Waals surface area contributed by atoms with Crippen molar-refractivity contribution in [2.75, 3.05) is 0 Å². The Morgan fingerprint density at radius 1 is 1.20 bits per heavy atom. The average molecular weight is 274 g/mol. The first kappa shape index (κ1) is 14.2. The molecular weight excluding hydrogens is 259 g/mol. The van der Waals surface area contributed by atoms with Crippen molar-refractivity contribution in [3.63, 3.8) is 0 Å². The molecular formula is C15H15FN2O2. The normalized spacial score (nSPS) is 10.4. The number of hydrogen-bond acceptors (Lipinski definition) is 3. The summed E-state index contributed by atoms with van der Waals surface area (Å²) in [4.78, 5) is 16.1. The molecule has 0 heterocycles. The van der Waals surface area contributed by atoms with Crippen LogP contribution in [0.4, 0.5) is 4.39 Å². The summed E-state index contributed by atoms with van der Waals surface area (Å²) >= 11 is 0. The number of hydrogen-bond donors (Lipinski definition) is 2. The van der Waals surface area contributed by atoms with Crippen LogP contribution in [0.1, 0.15) is 21.5 Å². The maximum Gasteiger partial charge on any atom is 0.248 e. The van der Waals surface area contributed by atoms with E-state index in [1.54, 1.807) is 0 Å². The maximum atomic E-state index is 13.7. The molecule has 0 spiro atoms. The standard InChI is InChI=1S/C15H15FN2O2/c16-14-8-12(15(17)19)6-7-13(14)9-18-20-10-11-4-2-1-3-5-11/h1-8,18H,9-10H2,(H2,17,19). The predicted molar refractivity (Wildman–Crippen MR) is 73.0 cm³/mol. The lowest BCUT2D eigenvalue weighted by molar-refractivity contribution is 0.0230. The van der Waals surface area contributed by atoms with Crippen LogP contribution in [0.5, 0.6) is 0 Å². The molecule has 1 amide bonds. The topological polar surface area (TPSA) is 64.4 Å². The predicted octanol–water partition coefficient (Wildman–Crippen LogP) is 2.15. The zero-order valence-corrected chi connectivity index (χ0v) is 10.8. The average Bonchev–Trinajstić information content (AvgIpc) is 2.46. The van der Waals surface area contributed by atoms with Gasteiger partial charge in [0.25, 0.3) is 0 Å². The number of amides is 1. The summed E-state index contributed by atoms with van der Waals surface area (Å²) in [6, 6.07) is 13.7. The first-order chi connectivity index (χ1) is 9.66. The Balaban J connectivity index is 1.84. The monoisotopic (exact) mass is 274 g/mol. The Morgan fingerprint density at radius 3 is 2.60 bits per heavy atom. The van der Waals surface area contributed by atoms with Crippen molar-refractivity contribution in [3.05, 3.63) is 71.0 Å². The molecule has 0 radical (unpaired) electrons. The zero-order valence-electron chi connectivity index (χ0n) is 10.8. The van der Waals surface area contributed by atoms with E-state index < -0.39 is 11.7 Å². The van der Waals surface area contributed by atoms with Crippen molar-refractivity contribution >= 4 is 5.91 Å². The third-order valence-electron chi connectivity index (χ3n) is 2.78. The Bertz CT molecular complexity index is 588. The van der Waals surface area contributed by atoms with E-state index in [1.165, 1.54) is 12.1 Å². The van der Waals surface area contributed by atoms with Crippen molar-refractivity contribution in [1.29, 1.82) is 0 Å². The van der Waals surface area contributed by atoms with Crippen LogP contribution < -0.4 is 11.2 Å². The zero-order chi connectivity index (χ0) is 14.4. The summed E-state index contributed by atoms with van der Waals surface area (Å²) < 4.78 is 13.7. The van der Waals surface area contributed by atoms with Crippen LogP contribution in [0.3, 0.4) is 0 Å². The lowest BCUT2D eigenvalue weighted by Gasteiger charge is -2.07. The summed E-state index contributed by atoms with van der Waals surface area (Å²) in [7, 11) is 0. The summed E-state index contributed by atoms with van der Waals surface area (Å²) in [5.74, 6) is -1.14. The van der Waals surface area contributed by atoms with E-state index in [4.69, 9.17) is 10.6 Å². The molecule has 2 rings (SSSR count). The van der Waals surface area contributed by atoms with E-state index in [9.17, 15) is 9.18 Å². The number of primary amides is 1. The molecule has 0 aliphatic heterocycles. The first-order valence-corrected chi connectivity index (χ1v) is 6.13. The molecule has 0 aromatic heterocycles. The van der Waals surface area contributed by atoms with Gasteiger partial charge in [0.15, 0.2) is 0 Å². The molecule has 20 heavy (non-hydrogen) atoms. The smallest absolute Gasteiger partial charge is 0.248 e. The van der Waals surface area contributed by atoms with Crippen molar-refractivity contribution in [2.45, 2.75) is 13.2 Å². The SMILES string of the molecule is NC(=O)c1ccc(CNOCc2ccccc2)c(F)c1. The molecule has 5 heteroatoms. The summed E-state index contributed by atoms with van der Waals surface area (Å²) in [6.45, 7) is 0.597. The summed E-state index contributed by atoms with van der Waals surface area (Å²) in [5.41, 5.74) is 9.33. The quantitative estimate of drug-likeness (QED) is 0.626. The number of rotatable bonds is 6. The fourth-order valence-corrected chi connectivity index (χ4v) is 1.68. The van der Waals surface area contributed by atoms with Crippen molar-refractivity contribution in [1.82, 2.24) is 5.48 Å². The van der Waals surface area contributed by atoms with Gasteiger partial charge in [-0.15, -0.1) is 0 Å². The molecule has 2 aromatic carbocycles. The molecule has 0 atom stereocenters. The molecule has 0 saturated heterocycles. The number of hydroxylamine groups is 1. The largest absolute Gasteiger partial charge is 0.366 e. The summed E-state index contributed by atoms with van der Waals surface area (Å²) in [6.07, 6.45) is 0. The van der Waals surface area contributed by atoms with Crippen LogP contribution in [0.25, 0.3) is 0 Å². The Morgan fingerprint density at radius 2 is 1.95 bits per heavy atom. The molecule has 0 aliphatic carbocycles. The van der Waals surface area contributed by atoms with E-state index in [-0.39, 0.29) is 12.1 Å². The third kappa shape index (κ3) is 3.88. The van der Waals surface area contributed by atoms with Gasteiger partial charge < -0.3 is 5.73 Å². The van der Waals surface area contributed by atoms with Gasteiger partial charge in [0, 0.05) is 17.7 Å². The fraction of sp³-hybridized carbons (Fsp3) is 0.133. The minimum absolute atomic E-state index is 0.149. The summed E-state index contributed by atoms with van der Waals surface area (Å²) in [5, 5.41) is 0. The van der Waals surface area contributed by atoms with Crippen LogP contribution in [-0.4, -0.2) is 5.91 Å². The van der Waals surface area contributed by atoms with E-state index in [1.807, 2.05) is 30.3 Å². The van der Waals surface area contributed by atoms with Crippen LogP contribution >= 0.6 is 0 Å². The molecule has 4 nitrogen and oxygen atoms in total. The van der Waals surface area contributed by atoms with Gasteiger partial charge in [-0.1, -0.05) is 36.4 Å².